The average Bonchev–Trinajstić information content (AvgIpc) is 2.83. The monoisotopic (exact) mass is 383 g/mol. The summed E-state index contributed by atoms with van der Waals surface area (Å²) in [5.74, 6) is -0.188. The minimum Gasteiger partial charge on any atom is -0.453 e. The first-order valence-electron chi connectivity index (χ1n) is 9.24. The molecular weight excluding hydrogens is 358 g/mol. The van der Waals surface area contributed by atoms with Gasteiger partial charge in [-0.3, -0.25) is 20.3 Å². The first-order valence-corrected chi connectivity index (χ1v) is 9.24. The number of rotatable bonds is 4. The van der Waals surface area contributed by atoms with E-state index in [1.165, 1.54) is 7.11 Å². The van der Waals surface area contributed by atoms with Gasteiger partial charge in [0.2, 0.25) is 5.91 Å². The van der Waals surface area contributed by atoms with Crippen molar-refractivity contribution in [1.82, 2.24) is 5.32 Å². The number of methoxy groups -OCH3 is 1. The second kappa shape index (κ2) is 8.41. The number of nitrogens with zero attached hydrogens (tertiary/aromatic N) is 1. The van der Waals surface area contributed by atoms with Crippen molar-refractivity contribution >= 4 is 29.1 Å². The number of amides is 2. The van der Waals surface area contributed by atoms with E-state index in [1.807, 2.05) is 30.3 Å². The Hall–Kier alpha value is -2.90. The fourth-order valence-corrected chi connectivity index (χ4v) is 3.43. The molecule has 0 saturated heterocycles. The Morgan fingerprint density at radius 2 is 1.75 bits per heavy atom. The molecule has 0 bridgehead atoms. The lowest BCUT2D eigenvalue weighted by molar-refractivity contribution is -0.120. The molecular formula is C21H25N3O4. The van der Waals surface area contributed by atoms with Gasteiger partial charge < -0.3 is 9.84 Å². The first kappa shape index (κ1) is 19.9. The number of aryl methyl sites for hydroxylation is 2. The van der Waals surface area contributed by atoms with Crippen LogP contribution in [0.15, 0.2) is 42.5 Å². The van der Waals surface area contributed by atoms with Crippen LogP contribution in [0.5, 0.6) is 0 Å². The maximum absolute atomic E-state index is 13.3. The maximum Gasteiger partial charge on any atom is 0.411 e. The zero-order valence-corrected chi connectivity index (χ0v) is 16.2. The molecule has 2 amide bonds. The summed E-state index contributed by atoms with van der Waals surface area (Å²) < 4.78 is 4.67. The lowest BCUT2D eigenvalue weighted by Gasteiger charge is -2.29. The second-order valence-electron chi connectivity index (χ2n) is 6.83. The van der Waals surface area contributed by atoms with Crippen LogP contribution in [-0.2, 0) is 22.4 Å². The molecule has 2 unspecified atom stereocenters. The summed E-state index contributed by atoms with van der Waals surface area (Å²) in [5.41, 5.74) is 4.13. The maximum atomic E-state index is 13.3. The van der Waals surface area contributed by atoms with E-state index in [4.69, 9.17) is 0 Å². The fourth-order valence-electron chi connectivity index (χ4n) is 3.43. The highest BCUT2D eigenvalue weighted by molar-refractivity contribution is 6.05. The third-order valence-corrected chi connectivity index (χ3v) is 4.74. The quantitative estimate of drug-likeness (QED) is 0.706. The normalized spacial score (nSPS) is 14.9. The number of hydrogen-bond acceptors (Lipinski definition) is 5. The molecule has 0 saturated carbocycles. The van der Waals surface area contributed by atoms with E-state index in [9.17, 15) is 14.7 Å². The third kappa shape index (κ3) is 4.16. The van der Waals surface area contributed by atoms with Crippen LogP contribution in [0.2, 0.25) is 0 Å². The number of nitrogens with one attached hydrogen (secondary N) is 2. The summed E-state index contributed by atoms with van der Waals surface area (Å²) in [6, 6.07) is 12.7. The second-order valence-corrected chi connectivity index (χ2v) is 6.83. The Morgan fingerprint density at radius 3 is 2.43 bits per heavy atom. The van der Waals surface area contributed by atoms with E-state index in [0.29, 0.717) is 11.4 Å². The molecule has 0 spiro atoms. The van der Waals surface area contributed by atoms with Gasteiger partial charge in [-0.1, -0.05) is 24.3 Å². The van der Waals surface area contributed by atoms with Crippen molar-refractivity contribution in [2.45, 2.75) is 39.0 Å². The van der Waals surface area contributed by atoms with Crippen molar-refractivity contribution in [2.75, 3.05) is 17.3 Å². The van der Waals surface area contributed by atoms with E-state index in [2.05, 4.69) is 15.4 Å². The number of aliphatic hydroxyl groups is 1. The Bertz CT molecular complexity index is 882. The predicted octanol–water partition coefficient (Wildman–Crippen LogP) is 2.94. The predicted molar refractivity (Wildman–Crippen MR) is 108 cm³/mol. The van der Waals surface area contributed by atoms with Crippen LogP contribution in [0, 0.1) is 0 Å². The van der Waals surface area contributed by atoms with Gasteiger partial charge in [0.05, 0.1) is 24.5 Å². The molecule has 1 heterocycles. The summed E-state index contributed by atoms with van der Waals surface area (Å²) in [7, 11) is 1.30. The number of para-hydroxylation sites is 1. The van der Waals surface area contributed by atoms with Crippen LogP contribution in [0.25, 0.3) is 0 Å². The number of benzene rings is 2. The topological polar surface area (TPSA) is 90.9 Å². The summed E-state index contributed by atoms with van der Waals surface area (Å²) in [6.07, 6.45) is 0.186. The van der Waals surface area contributed by atoms with Gasteiger partial charge in [-0.25, -0.2) is 4.79 Å². The van der Waals surface area contributed by atoms with Crippen molar-refractivity contribution < 1.29 is 19.4 Å². The van der Waals surface area contributed by atoms with Gasteiger partial charge >= 0.3 is 6.09 Å². The summed E-state index contributed by atoms with van der Waals surface area (Å²) in [6.45, 7) is 3.30. The van der Waals surface area contributed by atoms with Crippen molar-refractivity contribution in [3.8, 4) is 0 Å². The summed E-state index contributed by atoms with van der Waals surface area (Å²) in [5, 5.41) is 15.1. The van der Waals surface area contributed by atoms with Gasteiger partial charge in [-0.2, -0.15) is 0 Å². The molecule has 3 N–H and O–H groups in total. The van der Waals surface area contributed by atoms with Crippen LogP contribution < -0.4 is 15.5 Å². The van der Waals surface area contributed by atoms with Crippen molar-refractivity contribution in [1.29, 1.82) is 0 Å². The zero-order chi connectivity index (χ0) is 20.3. The van der Waals surface area contributed by atoms with Crippen LogP contribution in [-0.4, -0.2) is 36.5 Å². The summed E-state index contributed by atoms with van der Waals surface area (Å²) >= 11 is 0. The highest BCUT2D eigenvalue weighted by atomic mass is 16.5. The van der Waals surface area contributed by atoms with Crippen LogP contribution >= 0.6 is 0 Å². The lowest BCUT2D eigenvalue weighted by Crippen LogP contribution is -2.46. The Labute approximate surface area is 164 Å². The van der Waals surface area contributed by atoms with E-state index >= 15 is 0 Å². The molecule has 148 valence electrons. The molecule has 7 heteroatoms. The molecule has 0 radical (unpaired) electrons. The highest BCUT2D eigenvalue weighted by Crippen LogP contribution is 2.38. The van der Waals surface area contributed by atoms with Crippen LogP contribution in [0.3, 0.4) is 0 Å². The Morgan fingerprint density at radius 1 is 1.07 bits per heavy atom. The van der Waals surface area contributed by atoms with Crippen molar-refractivity contribution in [2.24, 2.45) is 0 Å². The number of anilines is 3. The first-order chi connectivity index (χ1) is 13.4. The van der Waals surface area contributed by atoms with E-state index < -0.39 is 18.4 Å². The molecule has 1 aliphatic rings. The zero-order valence-electron chi connectivity index (χ0n) is 16.2. The Kier molecular flexibility index (Phi) is 5.96. The van der Waals surface area contributed by atoms with Crippen LogP contribution in [0.1, 0.15) is 25.0 Å². The molecule has 2 aromatic rings. The van der Waals surface area contributed by atoms with Gasteiger partial charge in [-0.15, -0.1) is 0 Å². The molecule has 0 fully saturated rings. The average molecular weight is 383 g/mol. The number of hydrogen-bond donors (Lipinski definition) is 3. The molecule has 7 nitrogen and oxygen atoms in total. The lowest BCUT2D eigenvalue weighted by atomic mass is 10.0. The van der Waals surface area contributed by atoms with Gasteiger partial charge in [0.1, 0.15) is 6.23 Å². The van der Waals surface area contributed by atoms with E-state index in [0.717, 1.165) is 29.7 Å². The highest BCUT2D eigenvalue weighted by Gasteiger charge is 2.29. The van der Waals surface area contributed by atoms with Crippen molar-refractivity contribution in [3.05, 3.63) is 53.6 Å². The smallest absolute Gasteiger partial charge is 0.411 e. The fraction of sp³-hybridized carbons (Fsp3) is 0.333. The minimum atomic E-state index is -0.812. The molecule has 0 aromatic heterocycles. The molecule has 0 aliphatic carbocycles. The van der Waals surface area contributed by atoms with Crippen LogP contribution in [0.4, 0.5) is 21.9 Å². The van der Waals surface area contributed by atoms with Gasteiger partial charge in [0, 0.05) is 5.69 Å². The number of carbonyl (C=O) groups excluding carboxylic acids is 2. The largest absolute Gasteiger partial charge is 0.453 e. The number of ether oxygens (including phenoxy) is 1. The van der Waals surface area contributed by atoms with Gasteiger partial charge in [-0.05, 0) is 56.0 Å². The SMILES string of the molecule is COC(=O)Nc1ccc2c(c1)N(C(=O)C(C)NC(C)O)c1ccccc1CC2. The third-order valence-electron chi connectivity index (χ3n) is 4.74. The van der Waals surface area contributed by atoms with E-state index in [1.54, 1.807) is 30.9 Å². The van der Waals surface area contributed by atoms with E-state index in [-0.39, 0.29) is 5.91 Å². The molecule has 2 atom stereocenters. The minimum absolute atomic E-state index is 0.188. The molecule has 3 rings (SSSR count). The number of aliphatic hydroxyl groups excluding tert-OH is 1. The Balaban J connectivity index is 2.09. The molecule has 28 heavy (non-hydrogen) atoms. The van der Waals surface area contributed by atoms with Crippen molar-refractivity contribution in [3.63, 3.8) is 0 Å². The number of fused-ring (bicyclic) bond motifs is 2. The molecule has 2 aromatic carbocycles. The number of carbonyl (C=O) groups is 2. The van der Waals surface area contributed by atoms with Gasteiger partial charge in [0.15, 0.2) is 0 Å². The van der Waals surface area contributed by atoms with Gasteiger partial charge in [0.25, 0.3) is 0 Å². The standard InChI is InChI=1S/C21H25N3O4/c1-13(22-14(2)25)20(26)24-18-7-5-4-6-15(18)8-9-16-10-11-17(12-19(16)24)23-21(27)28-3/h4-7,10-14,22,25H,8-9H2,1-3H3,(H,23,27). The summed E-state index contributed by atoms with van der Waals surface area (Å²) in [4.78, 5) is 26.6. The molecule has 1 aliphatic heterocycles.